The van der Waals surface area contributed by atoms with Crippen molar-refractivity contribution in [3.8, 4) is 22.3 Å². The van der Waals surface area contributed by atoms with Crippen molar-refractivity contribution in [3.63, 3.8) is 0 Å². The van der Waals surface area contributed by atoms with Gasteiger partial charge in [0.25, 0.3) is 0 Å². The van der Waals surface area contributed by atoms with E-state index in [0.717, 1.165) is 22.4 Å². The molecule has 5 aromatic carbocycles. The van der Waals surface area contributed by atoms with Crippen molar-refractivity contribution in [2.24, 2.45) is 0 Å². The Morgan fingerprint density at radius 2 is 1.46 bits per heavy atom. The zero-order valence-electron chi connectivity index (χ0n) is 24.9. The van der Waals surface area contributed by atoms with E-state index in [4.69, 9.17) is 17.0 Å². The Morgan fingerprint density at radius 3 is 2.10 bits per heavy atom. The number of fused-ring (bicyclic) bond motifs is 4. The number of benzene rings is 4. The fourth-order valence-corrected chi connectivity index (χ4v) is 6.75. The van der Waals surface area contributed by atoms with E-state index in [-0.39, 0.29) is 0 Å². The molecule has 0 aromatic heterocycles. The average Bonchev–Trinajstić information content (AvgIpc) is 3.58. The molecule has 1 aliphatic heterocycles. The SMILES string of the molecule is CCc1cc2c(-c3cc(C(C)C)cc(C(C)C)c3)c(CC)ccc2[cH-]1.[Cl][Zr+2][Cl].[c-]1cccc2c1[Si]c1ccccc1-2. The molecule has 0 unspecified atom stereocenters. The second-order valence-corrected chi connectivity index (χ2v) is 16.1. The predicted molar refractivity (Wildman–Crippen MR) is 179 cm³/mol. The van der Waals surface area contributed by atoms with Crippen molar-refractivity contribution in [2.75, 3.05) is 0 Å². The topological polar surface area (TPSA) is 0 Å². The molecular formula is C37H38Cl2SiZr. The minimum atomic E-state index is -0.826. The Hall–Kier alpha value is -1.83. The summed E-state index contributed by atoms with van der Waals surface area (Å²) in [4.78, 5) is 0. The quantitative estimate of drug-likeness (QED) is 0.126. The van der Waals surface area contributed by atoms with Gasteiger partial charge in [-0.15, -0.1) is 40.1 Å². The molecule has 41 heavy (non-hydrogen) atoms. The molecular weight excluding hydrogens is 635 g/mol. The summed E-state index contributed by atoms with van der Waals surface area (Å²) in [5.74, 6) is 1.10. The Balaban J connectivity index is 0.000000200. The van der Waals surface area contributed by atoms with Gasteiger partial charge in [-0.3, -0.25) is 0 Å². The van der Waals surface area contributed by atoms with Gasteiger partial charge in [0.1, 0.15) is 0 Å². The zero-order valence-corrected chi connectivity index (χ0v) is 29.9. The van der Waals surface area contributed by atoms with Gasteiger partial charge in [-0.2, -0.15) is 35.5 Å². The van der Waals surface area contributed by atoms with Crippen LogP contribution in [0, 0.1) is 6.07 Å². The average molecular weight is 673 g/mol. The maximum absolute atomic E-state index is 4.93. The molecule has 0 spiro atoms. The summed E-state index contributed by atoms with van der Waals surface area (Å²) in [6.07, 6.45) is 2.17. The molecule has 0 fully saturated rings. The smallest absolute Gasteiger partial charge is 0.0920 e. The molecule has 1 heterocycles. The number of rotatable bonds is 5. The van der Waals surface area contributed by atoms with Crippen molar-refractivity contribution >= 4 is 47.7 Å². The molecule has 0 nitrogen and oxygen atoms in total. The van der Waals surface area contributed by atoms with Crippen molar-refractivity contribution in [1.29, 1.82) is 0 Å². The summed E-state index contributed by atoms with van der Waals surface area (Å²) >= 11 is -0.826. The standard InChI is InChI=1S/C25H31.C12H7Si.2ClH.Zr/c1-7-18-11-20-10-9-19(8-2)25(24(20)12-18)23-14-21(16(3)4)13-22(15-23)17(5)6;1-3-7-11-9(5-1)10-6-2-4-8-12(10)13-11;;;/h9-17H,7-8H2,1-6H3;1-7H;2*1H;/q2*-1;;;+4/p-2. The fourth-order valence-electron chi connectivity index (χ4n) is 5.44. The van der Waals surface area contributed by atoms with Gasteiger partial charge < -0.3 is 0 Å². The van der Waals surface area contributed by atoms with E-state index >= 15 is 0 Å². The van der Waals surface area contributed by atoms with Crippen molar-refractivity contribution in [2.45, 2.75) is 66.2 Å². The van der Waals surface area contributed by atoms with Gasteiger partial charge in [0.2, 0.25) is 0 Å². The third-order valence-electron chi connectivity index (χ3n) is 7.76. The van der Waals surface area contributed by atoms with Crippen LogP contribution in [-0.4, -0.2) is 9.52 Å². The first-order chi connectivity index (χ1) is 19.8. The minimum Gasteiger partial charge on any atom is -0.184 e. The third kappa shape index (κ3) is 7.58. The first-order valence-electron chi connectivity index (χ1n) is 14.5. The first kappa shape index (κ1) is 32.1. The summed E-state index contributed by atoms with van der Waals surface area (Å²) in [6.45, 7) is 13.7. The Morgan fingerprint density at radius 1 is 0.805 bits per heavy atom. The molecule has 208 valence electrons. The van der Waals surface area contributed by atoms with Crippen molar-refractivity contribution < 1.29 is 20.8 Å². The molecule has 4 heteroatoms. The van der Waals surface area contributed by atoms with E-state index < -0.39 is 20.8 Å². The Kier molecular flexibility index (Phi) is 11.8. The van der Waals surface area contributed by atoms with Gasteiger partial charge in [0.05, 0.1) is 9.52 Å². The number of hydrogen-bond acceptors (Lipinski definition) is 0. The van der Waals surface area contributed by atoms with Crippen molar-refractivity contribution in [3.05, 3.63) is 113 Å². The van der Waals surface area contributed by atoms with E-state index in [1.807, 2.05) is 6.07 Å². The van der Waals surface area contributed by atoms with Gasteiger partial charge >= 0.3 is 37.9 Å². The van der Waals surface area contributed by atoms with Gasteiger partial charge in [-0.25, -0.2) is 0 Å². The maximum atomic E-state index is 4.93. The van der Waals surface area contributed by atoms with E-state index in [0.29, 0.717) is 11.8 Å². The van der Waals surface area contributed by atoms with Crippen LogP contribution in [0.5, 0.6) is 0 Å². The second-order valence-electron chi connectivity index (χ2n) is 11.1. The van der Waals surface area contributed by atoms with Crippen LogP contribution in [0.15, 0.2) is 84.9 Å². The van der Waals surface area contributed by atoms with Crippen LogP contribution in [0.2, 0.25) is 0 Å². The van der Waals surface area contributed by atoms with E-state index in [1.165, 1.54) is 65.7 Å². The molecule has 0 N–H and O–H groups in total. The summed E-state index contributed by atoms with van der Waals surface area (Å²) in [6, 6.07) is 34.8. The maximum Gasteiger partial charge on any atom is 0.0920 e. The molecule has 0 saturated carbocycles. The molecule has 0 aliphatic carbocycles. The van der Waals surface area contributed by atoms with Crippen LogP contribution < -0.4 is 10.4 Å². The zero-order chi connectivity index (χ0) is 29.5. The second kappa shape index (κ2) is 15.1. The number of aryl methyl sites for hydroxylation is 2. The van der Waals surface area contributed by atoms with Crippen LogP contribution in [-0.2, 0) is 33.7 Å². The predicted octanol–water partition coefficient (Wildman–Crippen LogP) is 10.1. The van der Waals surface area contributed by atoms with Crippen LogP contribution in [0.25, 0.3) is 33.0 Å². The summed E-state index contributed by atoms with van der Waals surface area (Å²) < 4.78 is 0. The summed E-state index contributed by atoms with van der Waals surface area (Å²) in [7, 11) is 10.7. The molecule has 2 radical (unpaired) electrons. The fraction of sp³-hybridized carbons (Fsp3) is 0.270. The van der Waals surface area contributed by atoms with Crippen LogP contribution in [0.3, 0.4) is 0 Å². The summed E-state index contributed by atoms with van der Waals surface area (Å²) in [5.41, 5.74) is 11.4. The van der Waals surface area contributed by atoms with E-state index in [9.17, 15) is 0 Å². The molecule has 6 rings (SSSR count). The Bertz CT molecular complexity index is 1530. The van der Waals surface area contributed by atoms with Gasteiger partial charge in [0.15, 0.2) is 0 Å². The van der Waals surface area contributed by atoms with Gasteiger partial charge in [-0.1, -0.05) is 106 Å². The molecule has 0 bridgehead atoms. The molecule has 1 aliphatic rings. The summed E-state index contributed by atoms with van der Waals surface area (Å²) in [5, 5.41) is 5.63. The monoisotopic (exact) mass is 670 g/mol. The van der Waals surface area contributed by atoms with Crippen LogP contribution in [0.1, 0.15) is 75.6 Å². The van der Waals surface area contributed by atoms with E-state index in [2.05, 4.69) is 126 Å². The molecule has 0 saturated heterocycles. The van der Waals surface area contributed by atoms with Crippen LogP contribution >= 0.6 is 17.0 Å². The molecule has 0 amide bonds. The number of hydrogen-bond donors (Lipinski definition) is 0. The normalized spacial score (nSPS) is 11.4. The molecule has 0 atom stereocenters. The third-order valence-corrected chi connectivity index (χ3v) is 9.13. The van der Waals surface area contributed by atoms with E-state index in [1.54, 1.807) is 0 Å². The van der Waals surface area contributed by atoms with Crippen molar-refractivity contribution in [1.82, 2.24) is 0 Å². The van der Waals surface area contributed by atoms with Crippen LogP contribution in [0.4, 0.5) is 0 Å². The molecule has 5 aromatic rings. The largest absolute Gasteiger partial charge is 0.184 e. The van der Waals surface area contributed by atoms with Gasteiger partial charge in [0, 0.05) is 0 Å². The first-order valence-corrected chi connectivity index (χ1v) is 21.8. The number of halogens is 2. The minimum absolute atomic E-state index is 0.549. The Labute approximate surface area is 268 Å². The van der Waals surface area contributed by atoms with Gasteiger partial charge in [-0.05, 0) is 41.4 Å².